The van der Waals surface area contributed by atoms with Gasteiger partial charge in [-0.15, -0.1) is 43.1 Å². The Bertz CT molecular complexity index is 3270. The maximum atomic E-state index is 14.3. The van der Waals surface area contributed by atoms with Crippen molar-refractivity contribution in [3.05, 3.63) is 134 Å². The lowest BCUT2D eigenvalue weighted by molar-refractivity contribution is -0.144. The minimum absolute atomic E-state index is 0.0540. The number of aromatic nitrogens is 6. The first-order valence-corrected chi connectivity index (χ1v) is 25.3. The number of hydrogen-bond donors (Lipinski definition) is 3. The van der Waals surface area contributed by atoms with Crippen LogP contribution in [0.2, 0.25) is 0 Å². The average molecular weight is 1010 g/mol. The number of likely N-dealkylation sites (tertiary alicyclic amines) is 1. The van der Waals surface area contributed by atoms with E-state index in [-0.39, 0.29) is 30.3 Å². The number of thiazole rings is 1. The molecule has 1 saturated heterocycles. The molecule has 7 aromatic rings. The van der Waals surface area contributed by atoms with Crippen LogP contribution in [0.25, 0.3) is 26.6 Å². The lowest BCUT2D eigenvalue weighted by atomic mass is 9.85. The number of hydrogen-bond acceptors (Lipinski definition) is 15. The van der Waals surface area contributed by atoms with Crippen molar-refractivity contribution >= 4 is 46.1 Å². The summed E-state index contributed by atoms with van der Waals surface area (Å²) >= 11 is 3.23. The summed E-state index contributed by atoms with van der Waals surface area (Å²) in [7, 11) is 0. The molecule has 0 saturated carbocycles. The van der Waals surface area contributed by atoms with Gasteiger partial charge in [0, 0.05) is 35.9 Å². The van der Waals surface area contributed by atoms with Gasteiger partial charge in [-0.25, -0.2) is 4.98 Å². The molecule has 19 heteroatoms. The van der Waals surface area contributed by atoms with Crippen LogP contribution in [0, 0.1) is 51.4 Å². The highest BCUT2D eigenvalue weighted by atomic mass is 32.1. The van der Waals surface area contributed by atoms with Crippen molar-refractivity contribution in [3.63, 3.8) is 0 Å². The summed E-state index contributed by atoms with van der Waals surface area (Å²) in [4.78, 5) is 55.0. The summed E-state index contributed by atoms with van der Waals surface area (Å²) in [5.74, 6) is 1.06. The summed E-state index contributed by atoms with van der Waals surface area (Å²) in [5, 5.41) is 45.1. The van der Waals surface area contributed by atoms with Gasteiger partial charge in [0.15, 0.2) is 12.4 Å². The van der Waals surface area contributed by atoms with E-state index in [0.717, 1.165) is 70.9 Å². The quantitative estimate of drug-likeness (QED) is 0.101. The number of benzene rings is 3. The highest BCUT2D eigenvalue weighted by molar-refractivity contribution is 7.15. The summed E-state index contributed by atoms with van der Waals surface area (Å²) in [6, 6.07) is 20.4. The number of fused-ring (bicyclic) bond motifs is 3. The SMILES string of the molecule is Cc1nnc(C[C@@H]2N=C(c3ccc(-c4ccc(OCC(=O)N[C@H](C(=O)N5C[C@H](O)C[C@H]5C(=O)N[C@@H](C)c5ccc(-c6scnc6C)cc5)C(C)(C)C)c(C#N)c4)cc3)c3c(sc(C)c3C)-n3c(C)nnc32)o1. The van der Waals surface area contributed by atoms with Crippen molar-refractivity contribution in [2.75, 3.05) is 13.2 Å². The second kappa shape index (κ2) is 20.0. The number of carbonyl (C=O) groups excluding carboxylic acids is 3. The Morgan fingerprint density at radius 2 is 1.64 bits per heavy atom. The first-order chi connectivity index (χ1) is 34.4. The van der Waals surface area contributed by atoms with Gasteiger partial charge in [0.2, 0.25) is 23.6 Å². The number of aryl methyl sites for hydroxylation is 4. The molecule has 2 aliphatic rings. The van der Waals surface area contributed by atoms with Crippen molar-refractivity contribution in [2.45, 2.75) is 105 Å². The number of thiophene rings is 1. The largest absolute Gasteiger partial charge is 0.482 e. The van der Waals surface area contributed by atoms with Gasteiger partial charge in [0.05, 0.1) is 45.9 Å². The molecule has 3 N–H and O–H groups in total. The lowest BCUT2D eigenvalue weighted by Crippen LogP contribution is -2.58. The molecule has 17 nitrogen and oxygen atoms in total. The number of nitriles is 1. The fraction of sp³-hybridized carbons (Fsp3) is 0.358. The molecule has 0 radical (unpaired) electrons. The highest BCUT2D eigenvalue weighted by Crippen LogP contribution is 2.40. The van der Waals surface area contributed by atoms with Crippen molar-refractivity contribution in [1.29, 1.82) is 5.26 Å². The molecule has 370 valence electrons. The number of aliphatic hydroxyl groups excluding tert-OH is 1. The zero-order chi connectivity index (χ0) is 51.2. The van der Waals surface area contributed by atoms with Gasteiger partial charge in [0.25, 0.3) is 5.91 Å². The molecule has 0 aliphatic carbocycles. The summed E-state index contributed by atoms with van der Waals surface area (Å²) in [6.07, 6.45) is -0.531. The third kappa shape index (κ3) is 9.94. The molecule has 3 amide bonds. The third-order valence-corrected chi connectivity index (χ3v) is 15.4. The van der Waals surface area contributed by atoms with E-state index < -0.39 is 54.0 Å². The second-order valence-electron chi connectivity index (χ2n) is 19.4. The minimum Gasteiger partial charge on any atom is -0.482 e. The molecule has 6 heterocycles. The van der Waals surface area contributed by atoms with Crippen LogP contribution in [0.3, 0.4) is 0 Å². The first kappa shape index (κ1) is 49.6. The summed E-state index contributed by atoms with van der Waals surface area (Å²) in [6.45, 7) is 16.6. The van der Waals surface area contributed by atoms with Crippen LogP contribution in [-0.4, -0.2) is 94.7 Å². The van der Waals surface area contributed by atoms with E-state index >= 15 is 0 Å². The number of amides is 3. The lowest BCUT2D eigenvalue weighted by Gasteiger charge is -2.35. The van der Waals surface area contributed by atoms with Gasteiger partial charge in [-0.3, -0.25) is 23.9 Å². The van der Waals surface area contributed by atoms with Crippen LogP contribution in [0.15, 0.2) is 81.7 Å². The van der Waals surface area contributed by atoms with Gasteiger partial charge in [-0.05, 0) is 80.0 Å². The van der Waals surface area contributed by atoms with Crippen LogP contribution in [0.4, 0.5) is 0 Å². The van der Waals surface area contributed by atoms with E-state index in [0.29, 0.717) is 24.0 Å². The zero-order valence-electron chi connectivity index (χ0n) is 41.5. The number of carbonyl (C=O) groups is 3. The Labute approximate surface area is 425 Å². The van der Waals surface area contributed by atoms with E-state index in [1.54, 1.807) is 41.7 Å². The van der Waals surface area contributed by atoms with E-state index in [1.165, 1.54) is 4.90 Å². The molecule has 3 aromatic carbocycles. The van der Waals surface area contributed by atoms with E-state index in [9.17, 15) is 24.8 Å². The monoisotopic (exact) mass is 1010 g/mol. The van der Waals surface area contributed by atoms with E-state index in [1.807, 2.05) is 102 Å². The molecule has 4 aromatic heterocycles. The van der Waals surface area contributed by atoms with Crippen LogP contribution in [0.1, 0.15) is 108 Å². The predicted octanol–water partition coefficient (Wildman–Crippen LogP) is 7.80. The van der Waals surface area contributed by atoms with Gasteiger partial charge in [-0.1, -0.05) is 75.4 Å². The molecule has 0 unspecified atom stereocenters. The number of rotatable bonds is 13. The molecule has 0 spiro atoms. The van der Waals surface area contributed by atoms with Crippen molar-refractivity contribution in [2.24, 2.45) is 10.4 Å². The Kier molecular flexibility index (Phi) is 13.8. The number of nitrogens with one attached hydrogen (secondary N) is 2. The van der Waals surface area contributed by atoms with E-state index in [4.69, 9.17) is 14.1 Å². The predicted molar refractivity (Wildman–Crippen MR) is 273 cm³/mol. The molecule has 2 aliphatic heterocycles. The average Bonchev–Trinajstić information content (AvgIpc) is 4.20. The Morgan fingerprint density at radius 1 is 0.931 bits per heavy atom. The number of β-amino-alcohol motifs (C(OH)–C–C–N with tert-alkyl or cyclic N) is 1. The number of nitrogens with zero attached hydrogens (tertiary/aromatic N) is 9. The zero-order valence-corrected chi connectivity index (χ0v) is 43.1. The second-order valence-corrected chi connectivity index (χ2v) is 21.4. The molecule has 1 fully saturated rings. The minimum atomic E-state index is -1.07. The molecule has 72 heavy (non-hydrogen) atoms. The fourth-order valence-electron chi connectivity index (χ4n) is 9.21. The van der Waals surface area contributed by atoms with Crippen LogP contribution < -0.4 is 15.4 Å². The Balaban J connectivity index is 0.870. The molecule has 9 rings (SSSR count). The van der Waals surface area contributed by atoms with Gasteiger partial charge < -0.3 is 29.8 Å². The molecular formula is C53H55N11O6S2. The highest BCUT2D eigenvalue weighted by Gasteiger charge is 2.45. The standard InChI is InChI=1S/C53H55N11O6S2/c1-27-30(4)72-52-45(27)46(57-40(22-44-61-60-32(6)70-44)49-62-59-31(5)64(49)52)35-14-12-34(13-15-35)37-18-19-42(38(20-37)23-54)69-25-43(66)58-48(53(7,8)9)51(68)63-24-39(65)21-41(63)50(67)56-28(2)33-10-16-36(17-11-33)47-29(3)55-26-71-47/h10-20,26,28,39-41,48,65H,21-22,24-25H2,1-9H3,(H,56,67)(H,58,66)/t28-,39+,40-,41-,48+/m0/s1. The van der Waals surface area contributed by atoms with Crippen molar-refractivity contribution < 1.29 is 28.6 Å². The Hall–Kier alpha value is -7.40. The summed E-state index contributed by atoms with van der Waals surface area (Å²) < 4.78 is 13.8. The number of aliphatic hydroxyl groups is 1. The molecular weight excluding hydrogens is 951 g/mol. The van der Waals surface area contributed by atoms with Gasteiger partial charge >= 0.3 is 0 Å². The van der Waals surface area contributed by atoms with Crippen LogP contribution in [-0.2, 0) is 20.8 Å². The maximum Gasteiger partial charge on any atom is 0.258 e. The maximum absolute atomic E-state index is 14.3. The van der Waals surface area contributed by atoms with Gasteiger partial charge in [0.1, 0.15) is 40.8 Å². The van der Waals surface area contributed by atoms with Crippen molar-refractivity contribution in [1.82, 2.24) is 45.5 Å². The van der Waals surface area contributed by atoms with Crippen LogP contribution >= 0.6 is 22.7 Å². The number of aliphatic imine (C=N–C) groups is 1. The summed E-state index contributed by atoms with van der Waals surface area (Å²) in [5.41, 5.74) is 9.50. The van der Waals surface area contributed by atoms with Crippen molar-refractivity contribution in [3.8, 4) is 38.4 Å². The number of ether oxygens (including phenoxy) is 1. The topological polar surface area (TPSA) is 227 Å². The first-order valence-electron chi connectivity index (χ1n) is 23.6. The van der Waals surface area contributed by atoms with E-state index in [2.05, 4.69) is 60.5 Å². The molecule has 5 atom stereocenters. The van der Waals surface area contributed by atoms with Gasteiger partial charge in [-0.2, -0.15) is 5.26 Å². The Morgan fingerprint density at radius 3 is 2.31 bits per heavy atom. The van der Waals surface area contributed by atoms with Crippen LogP contribution in [0.5, 0.6) is 5.75 Å². The fourth-order valence-corrected chi connectivity index (χ4v) is 11.2. The normalized spacial score (nSPS) is 17.3. The third-order valence-electron chi connectivity index (χ3n) is 13.2. The smallest absolute Gasteiger partial charge is 0.258 e. The molecule has 0 bridgehead atoms.